The maximum Gasteiger partial charge on any atom is 0.155 e. The molecule has 4 aliphatic carbocycles. The lowest BCUT2D eigenvalue weighted by Crippen LogP contribution is -2.55. The normalized spacial score (nSPS) is 53.5. The summed E-state index contributed by atoms with van der Waals surface area (Å²) in [5, 5.41) is 11.0. The Morgan fingerprint density at radius 3 is 2.62 bits per heavy atom. The van der Waals surface area contributed by atoms with Crippen LogP contribution in [0.1, 0.15) is 65.7 Å². The highest BCUT2D eigenvalue weighted by Crippen LogP contribution is 2.68. The fourth-order valence-electron chi connectivity index (χ4n) is 7.24. The van der Waals surface area contributed by atoms with E-state index in [0.29, 0.717) is 35.9 Å². The summed E-state index contributed by atoms with van der Waals surface area (Å²) < 4.78 is 0. The fourth-order valence-corrected chi connectivity index (χ4v) is 7.24. The van der Waals surface area contributed by atoms with E-state index in [-0.39, 0.29) is 10.8 Å². The van der Waals surface area contributed by atoms with Crippen LogP contribution in [0.5, 0.6) is 0 Å². The molecule has 7 atom stereocenters. The van der Waals surface area contributed by atoms with Crippen LogP contribution >= 0.6 is 0 Å². The van der Waals surface area contributed by atoms with Gasteiger partial charge < -0.3 is 5.11 Å². The van der Waals surface area contributed by atoms with E-state index in [1.54, 1.807) is 0 Å². The van der Waals surface area contributed by atoms with Crippen molar-refractivity contribution in [2.45, 2.75) is 71.3 Å². The third-order valence-electron chi connectivity index (χ3n) is 8.67. The molecule has 2 nitrogen and oxygen atoms in total. The van der Waals surface area contributed by atoms with Gasteiger partial charge >= 0.3 is 0 Å². The molecule has 0 amide bonds. The molecule has 0 bridgehead atoms. The van der Waals surface area contributed by atoms with Crippen molar-refractivity contribution >= 4 is 5.78 Å². The van der Waals surface area contributed by atoms with E-state index < -0.39 is 5.60 Å². The second-order valence-corrected chi connectivity index (χ2v) is 9.50. The van der Waals surface area contributed by atoms with Gasteiger partial charge in [-0.25, -0.2) is 0 Å². The second kappa shape index (κ2) is 4.98. The van der Waals surface area contributed by atoms with E-state index in [1.165, 1.54) is 5.57 Å². The van der Waals surface area contributed by atoms with Gasteiger partial charge in [0.15, 0.2) is 5.78 Å². The van der Waals surface area contributed by atoms with E-state index in [4.69, 9.17) is 6.42 Å². The molecule has 24 heavy (non-hydrogen) atoms. The minimum absolute atomic E-state index is 0.134. The van der Waals surface area contributed by atoms with Gasteiger partial charge in [0.2, 0.25) is 0 Å². The summed E-state index contributed by atoms with van der Waals surface area (Å²) in [5.74, 6) is 5.35. The third-order valence-corrected chi connectivity index (χ3v) is 8.67. The number of aliphatic hydroxyl groups is 1. The number of allylic oxidation sites excluding steroid dienone is 1. The highest BCUT2D eigenvalue weighted by Gasteiger charge is 2.64. The van der Waals surface area contributed by atoms with Crippen molar-refractivity contribution in [2.24, 2.45) is 34.5 Å². The van der Waals surface area contributed by atoms with Gasteiger partial charge in [-0.05, 0) is 73.7 Å². The summed E-state index contributed by atoms with van der Waals surface area (Å²) in [4.78, 5) is 12.0. The van der Waals surface area contributed by atoms with Crippen molar-refractivity contribution in [3.63, 3.8) is 0 Å². The van der Waals surface area contributed by atoms with Crippen molar-refractivity contribution in [3.8, 4) is 12.3 Å². The van der Waals surface area contributed by atoms with Crippen LogP contribution < -0.4 is 0 Å². The zero-order valence-corrected chi connectivity index (χ0v) is 15.3. The molecule has 0 saturated heterocycles. The van der Waals surface area contributed by atoms with Gasteiger partial charge in [-0.3, -0.25) is 4.79 Å². The molecule has 0 aromatic carbocycles. The fraction of sp³-hybridized carbons (Fsp3) is 0.773. The number of rotatable bonds is 0. The molecule has 0 aromatic heterocycles. The van der Waals surface area contributed by atoms with Crippen LogP contribution in [0, 0.1) is 46.8 Å². The first-order valence-corrected chi connectivity index (χ1v) is 9.70. The van der Waals surface area contributed by atoms with Crippen LogP contribution in [0.2, 0.25) is 0 Å². The molecular formula is C22H30O2. The highest BCUT2D eigenvalue weighted by atomic mass is 16.3. The van der Waals surface area contributed by atoms with Crippen LogP contribution in [0.3, 0.4) is 0 Å². The summed E-state index contributed by atoms with van der Waals surface area (Å²) in [6.45, 7) is 6.94. The first-order chi connectivity index (χ1) is 11.2. The van der Waals surface area contributed by atoms with Gasteiger partial charge in [0.05, 0.1) is 0 Å². The minimum Gasteiger partial charge on any atom is -0.377 e. The molecule has 3 unspecified atom stereocenters. The van der Waals surface area contributed by atoms with Crippen molar-refractivity contribution in [1.29, 1.82) is 0 Å². The van der Waals surface area contributed by atoms with Crippen molar-refractivity contribution in [1.82, 2.24) is 0 Å². The van der Waals surface area contributed by atoms with Crippen molar-refractivity contribution < 1.29 is 9.90 Å². The van der Waals surface area contributed by atoms with E-state index >= 15 is 0 Å². The molecular weight excluding hydrogens is 296 g/mol. The Hall–Kier alpha value is -1.07. The average Bonchev–Trinajstić information content (AvgIpc) is 2.82. The average molecular weight is 326 g/mol. The summed E-state index contributed by atoms with van der Waals surface area (Å²) in [6.07, 6.45) is 14.6. The van der Waals surface area contributed by atoms with Crippen LogP contribution in [0.25, 0.3) is 0 Å². The maximum absolute atomic E-state index is 12.0. The zero-order chi connectivity index (χ0) is 17.3. The summed E-state index contributed by atoms with van der Waals surface area (Å²) in [7, 11) is 0. The Bertz CT molecular complexity index is 655. The highest BCUT2D eigenvalue weighted by molar-refractivity contribution is 5.91. The summed E-state index contributed by atoms with van der Waals surface area (Å²) >= 11 is 0. The molecule has 0 heterocycles. The molecule has 0 aromatic rings. The number of carbonyl (C=O) groups excluding carboxylic acids is 1. The molecule has 4 rings (SSSR count). The quantitative estimate of drug-likeness (QED) is 0.680. The molecule has 1 N–H and O–H groups in total. The Kier molecular flexibility index (Phi) is 3.40. The Labute approximate surface area is 146 Å². The number of hydrogen-bond donors (Lipinski definition) is 1. The number of hydrogen-bond acceptors (Lipinski definition) is 2. The largest absolute Gasteiger partial charge is 0.377 e. The van der Waals surface area contributed by atoms with Crippen LogP contribution in [-0.2, 0) is 4.79 Å². The van der Waals surface area contributed by atoms with E-state index in [1.807, 2.05) is 6.08 Å². The van der Waals surface area contributed by atoms with Crippen LogP contribution in [-0.4, -0.2) is 16.5 Å². The Morgan fingerprint density at radius 2 is 1.92 bits per heavy atom. The van der Waals surface area contributed by atoms with Gasteiger partial charge in [0.25, 0.3) is 0 Å². The topological polar surface area (TPSA) is 37.3 Å². The predicted molar refractivity (Wildman–Crippen MR) is 95.0 cm³/mol. The Balaban J connectivity index is 1.74. The number of ketones is 1. The standard InChI is InChI=1S/C22H30O2/c1-5-22(24)11-8-18-16-12-14(2)19-13-15(23)6-9-20(19,3)17(16)7-10-21(18,22)4/h1,13-14,16-18,24H,6-12H2,2-4H3/t14-,16?,17?,18?,20+,21-,22-/m0/s1. The predicted octanol–water partition coefficient (Wildman–Crippen LogP) is 4.13. The SMILES string of the molecule is C#C[C@]1(O)CCC2C3C[C@H](C)C4=CC(=O)CC[C@]4(C)C3CC[C@@]21C. The molecule has 3 saturated carbocycles. The van der Waals surface area contributed by atoms with Gasteiger partial charge in [0.1, 0.15) is 5.60 Å². The maximum atomic E-state index is 12.0. The van der Waals surface area contributed by atoms with Gasteiger partial charge in [0, 0.05) is 11.8 Å². The van der Waals surface area contributed by atoms with E-state index in [9.17, 15) is 9.90 Å². The van der Waals surface area contributed by atoms with Gasteiger partial charge in [-0.15, -0.1) is 6.42 Å². The summed E-state index contributed by atoms with van der Waals surface area (Å²) in [6, 6.07) is 0. The molecule has 0 radical (unpaired) electrons. The smallest absolute Gasteiger partial charge is 0.155 e. The minimum atomic E-state index is -0.925. The van der Waals surface area contributed by atoms with Crippen molar-refractivity contribution in [3.05, 3.63) is 11.6 Å². The molecule has 130 valence electrons. The van der Waals surface area contributed by atoms with Crippen LogP contribution in [0.15, 0.2) is 11.6 Å². The number of carbonyl (C=O) groups is 1. The molecule has 0 aliphatic heterocycles. The number of terminal acetylenes is 1. The third kappa shape index (κ3) is 1.86. The lowest BCUT2D eigenvalue weighted by molar-refractivity contribution is -0.121. The first-order valence-electron chi connectivity index (χ1n) is 9.70. The van der Waals surface area contributed by atoms with Gasteiger partial charge in [-0.1, -0.05) is 32.3 Å². The first kappa shape index (κ1) is 16.4. The molecule has 4 aliphatic rings. The molecule has 2 heteroatoms. The van der Waals surface area contributed by atoms with Crippen molar-refractivity contribution in [2.75, 3.05) is 0 Å². The zero-order valence-electron chi connectivity index (χ0n) is 15.3. The van der Waals surface area contributed by atoms with Gasteiger partial charge in [-0.2, -0.15) is 0 Å². The Morgan fingerprint density at radius 1 is 1.21 bits per heavy atom. The van der Waals surface area contributed by atoms with E-state index in [2.05, 4.69) is 26.7 Å². The lowest BCUT2D eigenvalue weighted by atomic mass is 9.45. The lowest BCUT2D eigenvalue weighted by Gasteiger charge is -2.60. The monoisotopic (exact) mass is 326 g/mol. The molecule has 0 spiro atoms. The number of fused-ring (bicyclic) bond motifs is 5. The van der Waals surface area contributed by atoms with E-state index in [0.717, 1.165) is 38.5 Å². The van der Waals surface area contributed by atoms with Crippen LogP contribution in [0.4, 0.5) is 0 Å². The second-order valence-electron chi connectivity index (χ2n) is 9.50. The molecule has 3 fully saturated rings. The summed E-state index contributed by atoms with van der Waals surface area (Å²) in [5.41, 5.74) is 0.527.